The molecule has 2 atom stereocenters. The fraction of sp³-hybridized carbons (Fsp3) is 0.429. The molecule has 7 heteroatoms. The molecule has 1 aromatic rings. The molecule has 0 aromatic heterocycles. The highest BCUT2D eigenvalue weighted by molar-refractivity contribution is 6.30. The van der Waals surface area contributed by atoms with Gasteiger partial charge in [-0.15, -0.1) is 0 Å². The summed E-state index contributed by atoms with van der Waals surface area (Å²) in [5.41, 5.74) is 0. The van der Waals surface area contributed by atoms with E-state index in [1.165, 1.54) is 4.90 Å². The Morgan fingerprint density at radius 1 is 1.52 bits per heavy atom. The van der Waals surface area contributed by atoms with E-state index < -0.39 is 18.2 Å². The molecule has 1 aliphatic heterocycles. The van der Waals surface area contributed by atoms with E-state index in [-0.39, 0.29) is 19.1 Å². The molecule has 2 unspecified atom stereocenters. The average molecular weight is 314 g/mol. The van der Waals surface area contributed by atoms with Crippen LogP contribution in [0.2, 0.25) is 5.02 Å². The summed E-state index contributed by atoms with van der Waals surface area (Å²) < 4.78 is 10.6. The van der Waals surface area contributed by atoms with Gasteiger partial charge in [0, 0.05) is 11.6 Å². The molecule has 1 heterocycles. The van der Waals surface area contributed by atoms with Crippen LogP contribution < -0.4 is 4.74 Å². The number of benzene rings is 1. The van der Waals surface area contributed by atoms with Crippen LogP contribution in [0.25, 0.3) is 0 Å². The van der Waals surface area contributed by atoms with E-state index in [0.717, 1.165) is 0 Å². The summed E-state index contributed by atoms with van der Waals surface area (Å²) in [7, 11) is 0. The Morgan fingerprint density at radius 3 is 2.95 bits per heavy atom. The molecular formula is C14H16ClNO5. The topological polar surface area (TPSA) is 76.1 Å². The van der Waals surface area contributed by atoms with Crippen molar-refractivity contribution in [2.75, 3.05) is 19.7 Å². The number of carbonyl (C=O) groups excluding carboxylic acids is 1. The summed E-state index contributed by atoms with van der Waals surface area (Å²) in [4.78, 5) is 24.6. The van der Waals surface area contributed by atoms with Crippen molar-refractivity contribution in [1.29, 1.82) is 0 Å². The van der Waals surface area contributed by atoms with Crippen LogP contribution in [0.15, 0.2) is 24.3 Å². The van der Waals surface area contributed by atoms with Crippen LogP contribution in [0.4, 0.5) is 0 Å². The molecule has 0 radical (unpaired) electrons. The first kappa shape index (κ1) is 15.6. The lowest BCUT2D eigenvalue weighted by molar-refractivity contribution is -0.161. The molecule has 1 amide bonds. The molecule has 21 heavy (non-hydrogen) atoms. The van der Waals surface area contributed by atoms with Gasteiger partial charge in [0.15, 0.2) is 12.2 Å². The van der Waals surface area contributed by atoms with E-state index in [2.05, 4.69) is 0 Å². The maximum atomic E-state index is 12.3. The third-order valence-corrected chi connectivity index (χ3v) is 3.35. The predicted octanol–water partition coefficient (Wildman–Crippen LogP) is 1.42. The smallest absolute Gasteiger partial charge is 0.334 e. The Morgan fingerprint density at radius 2 is 2.29 bits per heavy atom. The van der Waals surface area contributed by atoms with Crippen molar-refractivity contribution >= 4 is 23.5 Å². The first-order valence-electron chi connectivity index (χ1n) is 6.53. The van der Waals surface area contributed by atoms with Crippen LogP contribution in [0.1, 0.15) is 6.92 Å². The normalized spacial score (nSPS) is 19.9. The molecule has 0 bridgehead atoms. The van der Waals surface area contributed by atoms with Gasteiger partial charge < -0.3 is 19.5 Å². The van der Waals surface area contributed by atoms with Gasteiger partial charge in [-0.3, -0.25) is 4.79 Å². The largest absolute Gasteiger partial charge is 0.481 e. The highest BCUT2D eigenvalue weighted by Crippen LogP contribution is 2.19. The number of hydrogen-bond donors (Lipinski definition) is 1. The number of nitrogens with zero attached hydrogens (tertiary/aromatic N) is 1. The highest BCUT2D eigenvalue weighted by atomic mass is 35.5. The fourth-order valence-electron chi connectivity index (χ4n) is 2.05. The van der Waals surface area contributed by atoms with Crippen molar-refractivity contribution in [2.24, 2.45) is 0 Å². The lowest BCUT2D eigenvalue weighted by Crippen LogP contribution is -2.51. The number of carboxylic acid groups (broad SMARTS) is 1. The zero-order valence-corrected chi connectivity index (χ0v) is 12.2. The molecule has 0 spiro atoms. The maximum absolute atomic E-state index is 12.3. The zero-order chi connectivity index (χ0) is 15.4. The average Bonchev–Trinajstić information content (AvgIpc) is 2.46. The molecular weight excluding hydrogens is 298 g/mol. The summed E-state index contributed by atoms with van der Waals surface area (Å²) in [5.74, 6) is -0.855. The summed E-state index contributed by atoms with van der Waals surface area (Å²) >= 11 is 5.85. The third-order valence-electron chi connectivity index (χ3n) is 3.11. The van der Waals surface area contributed by atoms with Crippen molar-refractivity contribution < 1.29 is 24.2 Å². The lowest BCUT2D eigenvalue weighted by Gasteiger charge is -2.32. The minimum Gasteiger partial charge on any atom is -0.481 e. The van der Waals surface area contributed by atoms with Crippen LogP contribution in [0.3, 0.4) is 0 Å². The van der Waals surface area contributed by atoms with Gasteiger partial charge in [0.2, 0.25) is 0 Å². The second-order valence-corrected chi connectivity index (χ2v) is 5.14. The number of amides is 1. The van der Waals surface area contributed by atoms with Gasteiger partial charge in [0.25, 0.3) is 5.91 Å². The third kappa shape index (κ3) is 4.09. The van der Waals surface area contributed by atoms with E-state index in [1.54, 1.807) is 31.2 Å². The van der Waals surface area contributed by atoms with Crippen molar-refractivity contribution in [3.05, 3.63) is 29.3 Å². The van der Waals surface area contributed by atoms with E-state index >= 15 is 0 Å². The number of aliphatic carboxylic acids is 1. The van der Waals surface area contributed by atoms with Gasteiger partial charge >= 0.3 is 5.97 Å². The first-order valence-corrected chi connectivity index (χ1v) is 6.90. The Labute approximate surface area is 127 Å². The molecule has 0 saturated carbocycles. The molecule has 114 valence electrons. The van der Waals surface area contributed by atoms with E-state index in [9.17, 15) is 9.59 Å². The highest BCUT2D eigenvalue weighted by Gasteiger charge is 2.31. The molecule has 1 aliphatic rings. The van der Waals surface area contributed by atoms with Crippen molar-refractivity contribution in [1.82, 2.24) is 4.90 Å². The summed E-state index contributed by atoms with van der Waals surface area (Å²) in [5, 5.41) is 9.45. The van der Waals surface area contributed by atoms with Crippen molar-refractivity contribution in [2.45, 2.75) is 19.1 Å². The van der Waals surface area contributed by atoms with Gasteiger partial charge in [-0.25, -0.2) is 4.79 Å². The Kier molecular flexibility index (Phi) is 5.03. The molecule has 1 saturated heterocycles. The number of rotatable bonds is 4. The van der Waals surface area contributed by atoms with Crippen LogP contribution >= 0.6 is 11.6 Å². The second-order valence-electron chi connectivity index (χ2n) is 4.70. The van der Waals surface area contributed by atoms with E-state index in [0.29, 0.717) is 17.3 Å². The number of carbonyl (C=O) groups is 2. The number of morpholine rings is 1. The van der Waals surface area contributed by atoms with E-state index in [4.69, 9.17) is 26.2 Å². The molecule has 0 aliphatic carbocycles. The van der Waals surface area contributed by atoms with Crippen molar-refractivity contribution in [3.63, 3.8) is 0 Å². The quantitative estimate of drug-likeness (QED) is 0.910. The second kappa shape index (κ2) is 6.78. The Balaban J connectivity index is 1.97. The first-order chi connectivity index (χ1) is 9.97. The number of hydrogen-bond acceptors (Lipinski definition) is 4. The number of ether oxygens (including phenoxy) is 2. The summed E-state index contributed by atoms with van der Waals surface area (Å²) in [6.45, 7) is 2.20. The molecule has 1 N–H and O–H groups in total. The van der Waals surface area contributed by atoms with Gasteiger partial charge in [-0.05, 0) is 25.1 Å². The SMILES string of the molecule is CC(Oc1cccc(Cl)c1)C(=O)N1CCOC(C(=O)O)C1. The van der Waals surface area contributed by atoms with Crippen LogP contribution in [0, 0.1) is 0 Å². The molecule has 1 aromatic carbocycles. The van der Waals surface area contributed by atoms with Crippen LogP contribution in [-0.4, -0.2) is 53.8 Å². The predicted molar refractivity (Wildman–Crippen MR) is 75.5 cm³/mol. The monoisotopic (exact) mass is 313 g/mol. The standard InChI is InChI=1S/C14H16ClNO5/c1-9(21-11-4-2-3-10(15)7-11)13(17)16-5-6-20-12(8-16)14(18)19/h2-4,7,9,12H,5-6,8H2,1H3,(H,18,19). The minimum atomic E-state index is -1.07. The van der Waals surface area contributed by atoms with Gasteiger partial charge in [-0.1, -0.05) is 17.7 Å². The Hall–Kier alpha value is -1.79. The van der Waals surface area contributed by atoms with Crippen molar-refractivity contribution in [3.8, 4) is 5.75 Å². The Bertz CT molecular complexity index is 536. The van der Waals surface area contributed by atoms with Crippen LogP contribution in [-0.2, 0) is 14.3 Å². The van der Waals surface area contributed by atoms with Gasteiger partial charge in [-0.2, -0.15) is 0 Å². The summed E-state index contributed by atoms with van der Waals surface area (Å²) in [6.07, 6.45) is -1.71. The molecule has 2 rings (SSSR count). The van der Waals surface area contributed by atoms with Gasteiger partial charge in [0.05, 0.1) is 13.2 Å². The maximum Gasteiger partial charge on any atom is 0.334 e. The van der Waals surface area contributed by atoms with E-state index in [1.807, 2.05) is 0 Å². The summed E-state index contributed by atoms with van der Waals surface area (Å²) in [6, 6.07) is 6.75. The fourth-order valence-corrected chi connectivity index (χ4v) is 2.23. The number of halogens is 1. The molecule has 6 nitrogen and oxygen atoms in total. The van der Waals surface area contributed by atoms with Gasteiger partial charge in [0.1, 0.15) is 5.75 Å². The molecule has 1 fully saturated rings. The number of carboxylic acids is 1. The zero-order valence-electron chi connectivity index (χ0n) is 11.5. The minimum absolute atomic E-state index is 0.0252. The lowest BCUT2D eigenvalue weighted by atomic mass is 10.2. The van der Waals surface area contributed by atoms with Crippen LogP contribution in [0.5, 0.6) is 5.75 Å².